The van der Waals surface area contributed by atoms with Crippen LogP contribution in [-0.4, -0.2) is 66.1 Å². The van der Waals surface area contributed by atoms with Crippen LogP contribution in [0.2, 0.25) is 0 Å². The van der Waals surface area contributed by atoms with Crippen molar-refractivity contribution in [3.8, 4) is 0 Å². The van der Waals surface area contributed by atoms with Crippen molar-refractivity contribution in [2.24, 2.45) is 40.4 Å². The second-order valence-corrected chi connectivity index (χ2v) is 14.7. The Kier molecular flexibility index (Phi) is 7.38. The van der Waals surface area contributed by atoms with E-state index in [1.165, 1.54) is 38.5 Å². The van der Waals surface area contributed by atoms with Gasteiger partial charge in [-0.25, -0.2) is 0 Å². The molecule has 4 heteroatoms. The largest absolute Gasteiger partial charge is 0.395 e. The monoisotopic (exact) mass is 510 g/mol. The molecule has 0 radical (unpaired) electrons. The molecule has 3 saturated carbocycles. The summed E-state index contributed by atoms with van der Waals surface area (Å²) in [5.41, 5.74) is 3.97. The highest BCUT2D eigenvalue weighted by molar-refractivity contribution is 5.88. The van der Waals surface area contributed by atoms with Crippen LogP contribution in [0.15, 0.2) is 23.3 Å². The third kappa shape index (κ3) is 4.32. The van der Waals surface area contributed by atoms with Crippen LogP contribution in [0.25, 0.3) is 0 Å². The molecule has 1 N–H and O–H groups in total. The molecule has 37 heavy (non-hydrogen) atoms. The number of β-amino-alcohol motifs (C(OH)–C–C–N with tert-alkyl or cyclic N) is 1. The Labute approximate surface area is 226 Å². The number of fused-ring (bicyclic) bond motifs is 5. The van der Waals surface area contributed by atoms with E-state index in [4.69, 9.17) is 0 Å². The number of aliphatic hydroxyl groups is 1. The topological polar surface area (TPSA) is 43.8 Å². The summed E-state index contributed by atoms with van der Waals surface area (Å²) < 4.78 is 0. The fraction of sp³-hybridized carbons (Fsp3) is 0.848. The zero-order chi connectivity index (χ0) is 26.8. The SMILES string of the molecule is C[C@H](C/C=C1/CCN(CCO)C1(C)C)[C@H]1CC[C@H]2C3=CCC4C(=O)C(N(C)C)CC[C@]4(C)[C@H]3CC[C@]12C. The molecule has 0 bridgehead atoms. The van der Waals surface area contributed by atoms with E-state index in [1.807, 2.05) is 0 Å². The Morgan fingerprint density at radius 2 is 1.76 bits per heavy atom. The van der Waals surface area contributed by atoms with E-state index in [0.29, 0.717) is 29.0 Å². The number of aliphatic hydroxyl groups excluding tert-OH is 1. The molecule has 1 heterocycles. The van der Waals surface area contributed by atoms with Crippen molar-refractivity contribution in [2.75, 3.05) is 33.8 Å². The molecule has 0 amide bonds. The number of nitrogens with zero attached hydrogens (tertiary/aromatic N) is 2. The van der Waals surface area contributed by atoms with Crippen molar-refractivity contribution in [3.63, 3.8) is 0 Å². The van der Waals surface area contributed by atoms with Crippen LogP contribution < -0.4 is 0 Å². The highest BCUT2D eigenvalue weighted by atomic mass is 16.3. The maximum absolute atomic E-state index is 13.5. The molecular formula is C33H54N2O2. The number of rotatable bonds is 6. The minimum absolute atomic E-state index is 0.0739. The molecule has 8 atom stereocenters. The van der Waals surface area contributed by atoms with Gasteiger partial charge in [0.25, 0.3) is 0 Å². The zero-order valence-corrected chi connectivity index (χ0v) is 24.9. The van der Waals surface area contributed by atoms with Crippen LogP contribution in [0, 0.1) is 40.4 Å². The van der Waals surface area contributed by atoms with Gasteiger partial charge in [0, 0.05) is 24.5 Å². The predicted molar refractivity (Wildman–Crippen MR) is 152 cm³/mol. The number of carbonyl (C=O) groups is 1. The Bertz CT molecular complexity index is 950. The van der Waals surface area contributed by atoms with E-state index in [9.17, 15) is 9.90 Å². The second-order valence-electron chi connectivity index (χ2n) is 14.7. The first-order valence-corrected chi connectivity index (χ1v) is 15.4. The summed E-state index contributed by atoms with van der Waals surface area (Å²) in [5, 5.41) is 9.47. The first kappa shape index (κ1) is 27.6. The molecule has 2 unspecified atom stereocenters. The van der Waals surface area contributed by atoms with Crippen LogP contribution in [0.3, 0.4) is 0 Å². The summed E-state index contributed by atoms with van der Waals surface area (Å²) in [6.45, 7) is 14.4. The summed E-state index contributed by atoms with van der Waals surface area (Å²) in [6.07, 6.45) is 16.0. The third-order valence-corrected chi connectivity index (χ3v) is 12.6. The molecule has 4 nitrogen and oxygen atoms in total. The number of carbonyl (C=O) groups excluding carboxylic acids is 1. The van der Waals surface area contributed by atoms with Gasteiger partial charge in [-0.3, -0.25) is 14.6 Å². The Hall–Kier alpha value is -0.970. The minimum atomic E-state index is 0.0739. The van der Waals surface area contributed by atoms with Crippen LogP contribution in [0.5, 0.6) is 0 Å². The molecule has 0 aromatic carbocycles. The average molecular weight is 511 g/mol. The van der Waals surface area contributed by atoms with Crippen molar-refractivity contribution in [2.45, 2.75) is 104 Å². The van der Waals surface area contributed by atoms with Crippen molar-refractivity contribution >= 4 is 5.78 Å². The van der Waals surface area contributed by atoms with Gasteiger partial charge in [0.2, 0.25) is 0 Å². The zero-order valence-electron chi connectivity index (χ0n) is 24.9. The summed E-state index contributed by atoms with van der Waals surface area (Å²) >= 11 is 0. The van der Waals surface area contributed by atoms with Gasteiger partial charge in [0.05, 0.1) is 12.6 Å². The maximum Gasteiger partial charge on any atom is 0.153 e. The molecule has 0 aromatic rings. The third-order valence-electron chi connectivity index (χ3n) is 12.6. The van der Waals surface area contributed by atoms with E-state index in [0.717, 1.165) is 38.3 Å². The van der Waals surface area contributed by atoms with E-state index in [-0.39, 0.29) is 29.5 Å². The lowest BCUT2D eigenvalue weighted by Crippen LogP contribution is -2.55. The lowest BCUT2D eigenvalue weighted by atomic mass is 9.47. The number of hydrogen-bond donors (Lipinski definition) is 1. The van der Waals surface area contributed by atoms with Crippen molar-refractivity contribution < 1.29 is 9.90 Å². The standard InChI is InChI=1S/C33H54N2O2/c1-22(8-9-23-16-19-35(20-21-36)31(23,2)3)25-12-13-26-24-10-11-28-30(37)29(34(6)7)15-18-33(28,5)27(24)14-17-32(25,26)4/h9-10,22,25-29,36H,8,11-21H2,1-7H3/b23-9-/t22-,25-,26+,27+,28?,29?,32-,33-/m1/s1. The van der Waals surface area contributed by atoms with Crippen LogP contribution >= 0.6 is 0 Å². The number of ketones is 1. The Balaban J connectivity index is 1.31. The molecule has 208 valence electrons. The van der Waals surface area contributed by atoms with Gasteiger partial charge >= 0.3 is 0 Å². The Morgan fingerprint density at radius 3 is 2.46 bits per heavy atom. The summed E-state index contributed by atoms with van der Waals surface area (Å²) in [6, 6.07) is 0.119. The molecule has 1 saturated heterocycles. The fourth-order valence-corrected chi connectivity index (χ4v) is 10.3. The van der Waals surface area contributed by atoms with Crippen LogP contribution in [0.1, 0.15) is 92.4 Å². The number of likely N-dealkylation sites (N-methyl/N-ethyl adjacent to an activating group) is 1. The molecule has 4 aliphatic carbocycles. The first-order valence-electron chi connectivity index (χ1n) is 15.4. The molecule has 5 aliphatic rings. The fourth-order valence-electron chi connectivity index (χ4n) is 10.3. The molecule has 0 spiro atoms. The Morgan fingerprint density at radius 1 is 1.05 bits per heavy atom. The van der Waals surface area contributed by atoms with Gasteiger partial charge in [-0.2, -0.15) is 0 Å². The number of Topliss-reactive ketones (excluding diaryl/α,β-unsaturated/α-hetero) is 1. The number of likely N-dealkylation sites (tertiary alicyclic amines) is 1. The van der Waals surface area contributed by atoms with E-state index in [1.54, 1.807) is 11.1 Å². The smallest absolute Gasteiger partial charge is 0.153 e. The highest BCUT2D eigenvalue weighted by Crippen LogP contribution is 2.66. The average Bonchev–Trinajstić information content (AvgIpc) is 3.33. The summed E-state index contributed by atoms with van der Waals surface area (Å²) in [4.78, 5) is 18.1. The maximum atomic E-state index is 13.5. The van der Waals surface area contributed by atoms with Gasteiger partial charge in [-0.05, 0) is 120 Å². The molecule has 1 aliphatic heterocycles. The predicted octanol–water partition coefficient (Wildman–Crippen LogP) is 6.10. The molecular weight excluding hydrogens is 456 g/mol. The summed E-state index contributed by atoms with van der Waals surface area (Å²) in [7, 11) is 4.16. The minimum Gasteiger partial charge on any atom is -0.395 e. The molecule has 0 aromatic heterocycles. The molecule has 4 fully saturated rings. The van der Waals surface area contributed by atoms with Gasteiger partial charge in [-0.15, -0.1) is 0 Å². The van der Waals surface area contributed by atoms with Gasteiger partial charge in [0.15, 0.2) is 5.78 Å². The normalized spacial score (nSPS) is 43.5. The van der Waals surface area contributed by atoms with E-state index < -0.39 is 0 Å². The van der Waals surface area contributed by atoms with Crippen molar-refractivity contribution in [1.29, 1.82) is 0 Å². The quantitative estimate of drug-likeness (QED) is 0.438. The van der Waals surface area contributed by atoms with Crippen molar-refractivity contribution in [1.82, 2.24) is 9.80 Å². The second kappa shape index (κ2) is 9.89. The lowest BCUT2D eigenvalue weighted by molar-refractivity contribution is -0.140. The van der Waals surface area contributed by atoms with E-state index >= 15 is 0 Å². The van der Waals surface area contributed by atoms with E-state index in [2.05, 4.69) is 70.7 Å². The van der Waals surface area contributed by atoms with Crippen LogP contribution in [-0.2, 0) is 4.79 Å². The number of allylic oxidation sites excluding steroid dienone is 3. The highest BCUT2D eigenvalue weighted by Gasteiger charge is 2.59. The van der Waals surface area contributed by atoms with Crippen LogP contribution in [0.4, 0.5) is 0 Å². The molecule has 5 rings (SSSR count). The number of hydrogen-bond acceptors (Lipinski definition) is 4. The van der Waals surface area contributed by atoms with Gasteiger partial charge in [-0.1, -0.05) is 44.1 Å². The van der Waals surface area contributed by atoms with Gasteiger partial charge in [0.1, 0.15) is 0 Å². The first-order chi connectivity index (χ1) is 17.4. The summed E-state index contributed by atoms with van der Waals surface area (Å²) in [5.74, 6) is 3.55. The lowest BCUT2D eigenvalue weighted by Gasteiger charge is -2.57. The van der Waals surface area contributed by atoms with Gasteiger partial charge < -0.3 is 5.11 Å². The van der Waals surface area contributed by atoms with Crippen molar-refractivity contribution in [3.05, 3.63) is 23.3 Å².